The number of allylic oxidation sites excluding steroid dienone is 2. The smallest absolute Gasteiger partial charge is 0.410 e. The summed E-state index contributed by atoms with van der Waals surface area (Å²) < 4.78 is 17.2. The van der Waals surface area contributed by atoms with E-state index in [0.717, 1.165) is 31.5 Å². The molecule has 3 rings (SSSR count). The highest BCUT2D eigenvalue weighted by molar-refractivity contribution is 5.71. The molecule has 0 aromatic heterocycles. The van der Waals surface area contributed by atoms with E-state index in [1.807, 2.05) is 59.9 Å². The summed E-state index contributed by atoms with van der Waals surface area (Å²) in [6.07, 6.45) is 7.65. The monoisotopic (exact) mass is 633 g/mol. The number of amides is 2. The Balaban J connectivity index is 1.70. The largest absolute Gasteiger partial charge is 0.457 e. The molecule has 1 unspecified atom stereocenters. The maximum absolute atomic E-state index is 13.0. The van der Waals surface area contributed by atoms with Crippen LogP contribution in [-0.4, -0.2) is 119 Å². The Morgan fingerprint density at radius 3 is 2.44 bits per heavy atom. The lowest BCUT2D eigenvalue weighted by molar-refractivity contribution is -0.151. The van der Waals surface area contributed by atoms with Crippen molar-refractivity contribution in [1.82, 2.24) is 14.7 Å². The number of carbonyl (C=O) groups is 3. The maximum atomic E-state index is 13.0. The molecule has 3 aliphatic rings. The van der Waals surface area contributed by atoms with E-state index in [1.54, 1.807) is 28.9 Å². The molecule has 0 spiro atoms. The predicted octanol–water partition coefficient (Wildman–Crippen LogP) is 4.29. The molecule has 2 N–H and O–H groups in total. The molecule has 11 nitrogen and oxygen atoms in total. The minimum Gasteiger partial charge on any atom is -0.457 e. The van der Waals surface area contributed by atoms with Crippen molar-refractivity contribution in [3.05, 3.63) is 36.0 Å². The van der Waals surface area contributed by atoms with E-state index in [-0.39, 0.29) is 49.3 Å². The normalized spacial score (nSPS) is 31.9. The fourth-order valence-corrected chi connectivity index (χ4v) is 5.90. The van der Waals surface area contributed by atoms with Crippen molar-refractivity contribution in [2.45, 2.75) is 103 Å². The van der Waals surface area contributed by atoms with Crippen molar-refractivity contribution in [3.8, 4) is 0 Å². The second-order valence-corrected chi connectivity index (χ2v) is 13.9. The van der Waals surface area contributed by atoms with Gasteiger partial charge in [-0.25, -0.2) is 9.59 Å². The van der Waals surface area contributed by atoms with Crippen LogP contribution in [0.1, 0.15) is 73.6 Å². The number of ether oxygens (including phenoxy) is 3. The third-order valence-corrected chi connectivity index (χ3v) is 9.15. The van der Waals surface area contributed by atoms with E-state index in [1.165, 1.54) is 0 Å². The van der Waals surface area contributed by atoms with E-state index in [0.29, 0.717) is 19.6 Å². The average Bonchev–Trinajstić information content (AvgIpc) is 3.33. The van der Waals surface area contributed by atoms with Gasteiger partial charge in [-0.3, -0.25) is 4.79 Å². The highest BCUT2D eigenvalue weighted by atomic mass is 16.6. The van der Waals surface area contributed by atoms with Crippen molar-refractivity contribution in [2.75, 3.05) is 46.4 Å². The summed E-state index contributed by atoms with van der Waals surface area (Å²) in [5, 5.41) is 21.9. The fraction of sp³-hybridized carbons (Fsp3) is 0.735. The molecule has 3 heterocycles. The number of likely N-dealkylation sites (tertiary alicyclic amines) is 1. The first-order valence-electron chi connectivity index (χ1n) is 16.3. The number of aliphatic hydroxyl groups excluding tert-OH is 1. The lowest BCUT2D eigenvalue weighted by Gasteiger charge is -2.36. The van der Waals surface area contributed by atoms with Crippen molar-refractivity contribution in [1.29, 1.82) is 0 Å². The Hall–Kier alpha value is -2.89. The molecule has 0 aliphatic carbocycles. The average molecular weight is 634 g/mol. The third kappa shape index (κ3) is 10.9. The third-order valence-electron chi connectivity index (χ3n) is 9.15. The van der Waals surface area contributed by atoms with Crippen LogP contribution < -0.4 is 0 Å². The van der Waals surface area contributed by atoms with E-state index in [4.69, 9.17) is 14.2 Å². The number of likely N-dealkylation sites (N-methyl/N-ethyl adjacent to an activating group) is 1. The van der Waals surface area contributed by atoms with Gasteiger partial charge in [0.05, 0.1) is 19.1 Å². The van der Waals surface area contributed by atoms with Crippen LogP contribution in [-0.2, 0) is 19.0 Å². The summed E-state index contributed by atoms with van der Waals surface area (Å²) in [5.74, 6) is -0.904. The van der Waals surface area contributed by atoms with Gasteiger partial charge in [0.25, 0.3) is 0 Å². The molecule has 0 aromatic rings. The Bertz CT molecular complexity index is 1110. The van der Waals surface area contributed by atoms with Crippen molar-refractivity contribution < 1.29 is 38.8 Å². The van der Waals surface area contributed by atoms with Gasteiger partial charge in [0.15, 0.2) is 6.10 Å². The minimum atomic E-state index is -1.46. The summed E-state index contributed by atoms with van der Waals surface area (Å²) in [6, 6.07) is 0. The van der Waals surface area contributed by atoms with Gasteiger partial charge in [0.1, 0.15) is 11.7 Å². The number of hydrogen-bond acceptors (Lipinski definition) is 9. The van der Waals surface area contributed by atoms with Crippen LogP contribution in [0, 0.1) is 11.8 Å². The first-order chi connectivity index (χ1) is 21.1. The second-order valence-electron chi connectivity index (χ2n) is 13.9. The van der Waals surface area contributed by atoms with Crippen LogP contribution in [0.5, 0.6) is 0 Å². The minimum absolute atomic E-state index is 0.0342. The molecular formula is C34H55N3O8. The van der Waals surface area contributed by atoms with Crippen molar-refractivity contribution in [2.24, 2.45) is 11.8 Å². The predicted molar refractivity (Wildman–Crippen MR) is 171 cm³/mol. The SMILES string of the molecule is C/C(=C\C=C\C(C)COC(=O)N1CCCC1(C)C)[C@H]1OC(=O)C[C@@H](O)CC[C@](C)(O)[C@@H](OC(=O)N2CCN(C)CC2)/C=C/[C@@H]1C. The number of esters is 1. The summed E-state index contributed by atoms with van der Waals surface area (Å²) >= 11 is 0. The first kappa shape index (κ1) is 36.6. The number of nitrogens with zero attached hydrogens (tertiary/aromatic N) is 3. The molecule has 45 heavy (non-hydrogen) atoms. The molecule has 3 aliphatic heterocycles. The number of rotatable bonds is 6. The summed E-state index contributed by atoms with van der Waals surface area (Å²) in [6.45, 7) is 14.9. The fourth-order valence-electron chi connectivity index (χ4n) is 5.90. The number of cyclic esters (lactones) is 1. The van der Waals surface area contributed by atoms with Crippen molar-refractivity contribution in [3.63, 3.8) is 0 Å². The van der Waals surface area contributed by atoms with E-state index in [9.17, 15) is 24.6 Å². The molecule has 0 radical (unpaired) electrons. The van der Waals surface area contributed by atoms with Gasteiger partial charge in [-0.15, -0.1) is 0 Å². The molecule has 0 bridgehead atoms. The molecule has 2 fully saturated rings. The zero-order valence-corrected chi connectivity index (χ0v) is 28.2. The number of hydrogen-bond donors (Lipinski definition) is 2. The molecule has 6 atom stereocenters. The first-order valence-corrected chi connectivity index (χ1v) is 16.3. The number of piperazine rings is 1. The topological polar surface area (TPSA) is 129 Å². The number of aliphatic hydroxyl groups is 2. The Morgan fingerprint density at radius 1 is 1.11 bits per heavy atom. The standard InChI is InChI=1S/C34H55N3O8/c1-24(23-43-32(41)37-17-9-15-33(37,4)5)10-8-11-25(2)30-26(3)12-13-28(44-31(40)36-20-18-35(7)19-21-36)34(6,42)16-14-27(38)22-29(39)45-30/h8,10-13,24,26-28,30,38,42H,9,14-23H2,1-7H3/b10-8+,13-12+,25-11+/t24?,26-,27-,28-,30+,34-/m0/s1. The van der Waals surface area contributed by atoms with Crippen LogP contribution in [0.3, 0.4) is 0 Å². The summed E-state index contributed by atoms with van der Waals surface area (Å²) in [4.78, 5) is 43.9. The lowest BCUT2D eigenvalue weighted by Crippen LogP contribution is -2.50. The quantitative estimate of drug-likeness (QED) is 0.191. The highest BCUT2D eigenvalue weighted by Crippen LogP contribution is 2.29. The molecule has 0 saturated carbocycles. The van der Waals surface area contributed by atoms with Gasteiger partial charge < -0.3 is 39.1 Å². The van der Waals surface area contributed by atoms with Gasteiger partial charge in [0, 0.05) is 50.1 Å². The van der Waals surface area contributed by atoms with Gasteiger partial charge in [-0.05, 0) is 72.1 Å². The van der Waals surface area contributed by atoms with Crippen molar-refractivity contribution >= 4 is 18.2 Å². The summed E-state index contributed by atoms with van der Waals surface area (Å²) in [5.41, 5.74) is -0.885. The van der Waals surface area contributed by atoms with Gasteiger partial charge >= 0.3 is 18.2 Å². The Morgan fingerprint density at radius 2 is 1.80 bits per heavy atom. The highest BCUT2D eigenvalue weighted by Gasteiger charge is 2.38. The van der Waals surface area contributed by atoms with Gasteiger partial charge in [0.2, 0.25) is 0 Å². The van der Waals surface area contributed by atoms with Gasteiger partial charge in [-0.2, -0.15) is 0 Å². The van der Waals surface area contributed by atoms with Gasteiger partial charge in [-0.1, -0.05) is 38.2 Å². The van der Waals surface area contributed by atoms with Crippen LogP contribution in [0.25, 0.3) is 0 Å². The number of carbonyl (C=O) groups excluding carboxylic acids is 3. The van der Waals surface area contributed by atoms with Crippen LogP contribution in [0.4, 0.5) is 9.59 Å². The maximum Gasteiger partial charge on any atom is 0.410 e. The molecule has 2 amide bonds. The molecule has 2 saturated heterocycles. The molecule has 0 aromatic carbocycles. The summed E-state index contributed by atoms with van der Waals surface area (Å²) in [7, 11) is 2.00. The van der Waals surface area contributed by atoms with Crippen LogP contribution in [0.2, 0.25) is 0 Å². The van der Waals surface area contributed by atoms with Crippen LogP contribution in [0.15, 0.2) is 36.0 Å². The van der Waals surface area contributed by atoms with E-state index in [2.05, 4.69) is 4.90 Å². The Labute approximate surface area is 268 Å². The molecule has 11 heteroatoms. The molecular weight excluding hydrogens is 578 g/mol. The second kappa shape index (κ2) is 16.1. The van der Waals surface area contributed by atoms with E-state index >= 15 is 0 Å². The van der Waals surface area contributed by atoms with Crippen LogP contribution >= 0.6 is 0 Å². The zero-order valence-electron chi connectivity index (χ0n) is 28.2. The lowest BCUT2D eigenvalue weighted by atomic mass is 9.89. The zero-order chi connectivity index (χ0) is 33.4. The van der Waals surface area contributed by atoms with E-state index < -0.39 is 36.0 Å². The Kier molecular flexibility index (Phi) is 13.1. The molecule has 254 valence electrons.